The second-order valence-corrected chi connectivity index (χ2v) is 9.71. The highest BCUT2D eigenvalue weighted by molar-refractivity contribution is 9.11. The fourth-order valence-electron chi connectivity index (χ4n) is 1.28. The third-order valence-corrected chi connectivity index (χ3v) is 7.01. The van der Waals surface area contributed by atoms with Gasteiger partial charge in [0.2, 0.25) is 0 Å². The summed E-state index contributed by atoms with van der Waals surface area (Å²) in [6.45, 7) is 0.113. The highest BCUT2D eigenvalue weighted by Crippen LogP contribution is 2.36. The van der Waals surface area contributed by atoms with Crippen molar-refractivity contribution in [3.05, 3.63) is 41.3 Å². The molecule has 0 saturated carbocycles. The summed E-state index contributed by atoms with van der Waals surface area (Å²) in [4.78, 5) is 10.8. The first-order valence-electron chi connectivity index (χ1n) is 4.97. The van der Waals surface area contributed by atoms with Gasteiger partial charge in [-0.2, -0.15) is 0 Å². The van der Waals surface area contributed by atoms with Gasteiger partial charge in [0.05, 0.1) is 8.71 Å². The molecule has 1 N–H and O–H groups in total. The molecule has 0 bridgehead atoms. The number of hydrogen-bond acceptors (Lipinski definition) is 6. The van der Waals surface area contributed by atoms with E-state index >= 15 is 0 Å². The maximum absolute atomic E-state index is 12.0. The molecular formula is C9H6BrClN2O4S3. The quantitative estimate of drug-likeness (QED) is 0.594. The van der Waals surface area contributed by atoms with Gasteiger partial charge in [0.15, 0.2) is 4.34 Å². The predicted octanol–water partition coefficient (Wildman–Crippen LogP) is 3.61. The van der Waals surface area contributed by atoms with Crippen molar-refractivity contribution in [2.24, 2.45) is 0 Å². The van der Waals surface area contributed by atoms with E-state index in [0.717, 1.165) is 14.7 Å². The molecule has 11 heteroatoms. The molecule has 0 amide bonds. The van der Waals surface area contributed by atoms with E-state index in [1.165, 1.54) is 11.3 Å². The van der Waals surface area contributed by atoms with Crippen LogP contribution in [0.4, 0.5) is 5.69 Å². The Morgan fingerprint density at radius 2 is 2.10 bits per heavy atom. The minimum Gasteiger partial charge on any atom is -0.258 e. The Labute approximate surface area is 135 Å². The van der Waals surface area contributed by atoms with E-state index in [1.807, 2.05) is 0 Å². The zero-order valence-corrected chi connectivity index (χ0v) is 14.3. The molecule has 108 valence electrons. The van der Waals surface area contributed by atoms with Gasteiger partial charge in [-0.1, -0.05) is 11.6 Å². The number of thiophene rings is 2. The second-order valence-electron chi connectivity index (χ2n) is 3.51. The Morgan fingerprint density at radius 3 is 2.60 bits per heavy atom. The molecule has 0 aromatic carbocycles. The summed E-state index contributed by atoms with van der Waals surface area (Å²) in [6, 6.07) is 4.54. The van der Waals surface area contributed by atoms with Crippen LogP contribution in [-0.2, 0) is 16.6 Å². The van der Waals surface area contributed by atoms with Crippen LogP contribution in [0.15, 0.2) is 26.2 Å². The fraction of sp³-hybridized carbons (Fsp3) is 0.111. The van der Waals surface area contributed by atoms with Crippen LogP contribution in [0.3, 0.4) is 0 Å². The van der Waals surface area contributed by atoms with E-state index in [0.29, 0.717) is 11.3 Å². The largest absolute Gasteiger partial charge is 0.300 e. The van der Waals surface area contributed by atoms with E-state index in [1.54, 1.807) is 12.1 Å². The molecule has 2 aromatic heterocycles. The van der Waals surface area contributed by atoms with Crippen molar-refractivity contribution in [1.82, 2.24) is 4.72 Å². The van der Waals surface area contributed by atoms with Gasteiger partial charge in [0, 0.05) is 17.5 Å². The Balaban J connectivity index is 2.18. The van der Waals surface area contributed by atoms with Crippen molar-refractivity contribution in [3.8, 4) is 0 Å². The van der Waals surface area contributed by atoms with Crippen LogP contribution in [0.2, 0.25) is 4.34 Å². The Hall–Kier alpha value is -0.520. The summed E-state index contributed by atoms with van der Waals surface area (Å²) in [5, 5.41) is 10.7. The van der Waals surface area contributed by atoms with Gasteiger partial charge in [-0.25, -0.2) is 13.1 Å². The number of halogens is 2. The van der Waals surface area contributed by atoms with Crippen LogP contribution < -0.4 is 4.72 Å². The van der Waals surface area contributed by atoms with Crippen LogP contribution in [-0.4, -0.2) is 13.3 Å². The summed E-state index contributed by atoms with van der Waals surface area (Å²) in [5.74, 6) is 0. The van der Waals surface area contributed by atoms with Gasteiger partial charge < -0.3 is 0 Å². The SMILES string of the molecule is O=[N+]([O-])c1cc(S(=O)(=O)NCc2ccc(Br)s2)sc1Cl. The molecule has 6 nitrogen and oxygen atoms in total. The van der Waals surface area contributed by atoms with Crippen LogP contribution in [0.25, 0.3) is 0 Å². The van der Waals surface area contributed by atoms with E-state index < -0.39 is 20.6 Å². The Bertz CT molecular complexity index is 755. The number of hydrogen-bond donors (Lipinski definition) is 1. The van der Waals surface area contributed by atoms with Crippen molar-refractivity contribution < 1.29 is 13.3 Å². The highest BCUT2D eigenvalue weighted by Gasteiger charge is 2.25. The molecule has 2 heterocycles. The Kier molecular flexibility index (Phi) is 4.82. The van der Waals surface area contributed by atoms with E-state index in [2.05, 4.69) is 20.7 Å². The molecule has 0 unspecified atom stereocenters. The summed E-state index contributed by atoms with van der Waals surface area (Å²) >= 11 is 11.0. The van der Waals surface area contributed by atoms with Gasteiger partial charge in [-0.15, -0.1) is 22.7 Å². The van der Waals surface area contributed by atoms with Gasteiger partial charge in [-0.05, 0) is 28.1 Å². The molecule has 0 atom stereocenters. The van der Waals surface area contributed by atoms with Crippen LogP contribution >= 0.6 is 50.2 Å². The van der Waals surface area contributed by atoms with Gasteiger partial charge in [-0.3, -0.25) is 10.1 Å². The lowest BCUT2D eigenvalue weighted by Crippen LogP contribution is -2.21. The van der Waals surface area contributed by atoms with E-state index in [9.17, 15) is 18.5 Å². The molecule has 2 aromatic rings. The topological polar surface area (TPSA) is 89.3 Å². The van der Waals surface area contributed by atoms with Crippen LogP contribution in [0, 0.1) is 10.1 Å². The molecule has 0 saturated heterocycles. The molecule has 0 spiro atoms. The first kappa shape index (κ1) is 15.9. The molecule has 0 aliphatic heterocycles. The van der Waals surface area contributed by atoms with E-state index in [4.69, 9.17) is 11.6 Å². The van der Waals surface area contributed by atoms with Crippen molar-refractivity contribution in [2.45, 2.75) is 10.8 Å². The maximum atomic E-state index is 12.0. The normalized spacial score (nSPS) is 11.7. The van der Waals surface area contributed by atoms with Crippen molar-refractivity contribution in [3.63, 3.8) is 0 Å². The molecule has 20 heavy (non-hydrogen) atoms. The monoisotopic (exact) mass is 416 g/mol. The molecule has 2 rings (SSSR count). The Morgan fingerprint density at radius 1 is 1.40 bits per heavy atom. The standard InChI is InChI=1S/C9H6BrClN2O4S3/c10-7-2-1-5(18-7)4-12-20(16,17)8-3-6(13(14)15)9(11)19-8/h1-3,12H,4H2. The average Bonchev–Trinajstić information content (AvgIpc) is 2.93. The zero-order valence-electron chi connectivity index (χ0n) is 9.50. The lowest BCUT2D eigenvalue weighted by Gasteiger charge is -2.01. The number of rotatable bonds is 5. The molecule has 0 aliphatic rings. The molecule has 0 radical (unpaired) electrons. The minimum atomic E-state index is -3.81. The fourth-order valence-corrected chi connectivity index (χ4v) is 5.51. The minimum absolute atomic E-state index is 0.113. The zero-order chi connectivity index (χ0) is 14.9. The van der Waals surface area contributed by atoms with Gasteiger partial charge >= 0.3 is 0 Å². The third kappa shape index (κ3) is 3.57. The lowest BCUT2D eigenvalue weighted by atomic mass is 10.5. The highest BCUT2D eigenvalue weighted by atomic mass is 79.9. The number of nitro groups is 1. The van der Waals surface area contributed by atoms with Crippen molar-refractivity contribution in [2.75, 3.05) is 0 Å². The smallest absolute Gasteiger partial charge is 0.258 e. The van der Waals surface area contributed by atoms with Gasteiger partial charge in [0.1, 0.15) is 4.21 Å². The molecular weight excluding hydrogens is 412 g/mol. The second kappa shape index (κ2) is 6.08. The third-order valence-electron chi connectivity index (χ3n) is 2.17. The number of sulfonamides is 1. The molecule has 0 fully saturated rings. The summed E-state index contributed by atoms with van der Waals surface area (Å²) in [6.07, 6.45) is 0. The molecule has 0 aliphatic carbocycles. The van der Waals surface area contributed by atoms with Crippen molar-refractivity contribution >= 4 is 65.9 Å². The predicted molar refractivity (Wildman–Crippen MR) is 82.0 cm³/mol. The van der Waals surface area contributed by atoms with Crippen LogP contribution in [0.1, 0.15) is 4.88 Å². The summed E-state index contributed by atoms with van der Waals surface area (Å²) in [5.41, 5.74) is -0.407. The first-order valence-corrected chi connectivity index (χ1v) is 9.26. The van der Waals surface area contributed by atoms with Gasteiger partial charge in [0.25, 0.3) is 15.7 Å². The number of nitrogens with one attached hydrogen (secondary N) is 1. The number of nitrogens with zero attached hydrogens (tertiary/aromatic N) is 1. The maximum Gasteiger partial charge on any atom is 0.300 e. The van der Waals surface area contributed by atoms with E-state index in [-0.39, 0.29) is 15.1 Å². The lowest BCUT2D eigenvalue weighted by molar-refractivity contribution is -0.384. The van der Waals surface area contributed by atoms with Crippen molar-refractivity contribution in [1.29, 1.82) is 0 Å². The van der Waals surface area contributed by atoms with Crippen LogP contribution in [0.5, 0.6) is 0 Å². The average molecular weight is 418 g/mol. The first-order chi connectivity index (χ1) is 9.29. The summed E-state index contributed by atoms with van der Waals surface area (Å²) < 4.78 is 27.0. The summed E-state index contributed by atoms with van der Waals surface area (Å²) in [7, 11) is -3.81.